The summed E-state index contributed by atoms with van der Waals surface area (Å²) in [4.78, 5) is 10.9. The molecule has 3 heteroatoms. The van der Waals surface area contributed by atoms with Crippen LogP contribution in [0, 0.1) is 0 Å². The SMILES string of the molecule is CNC(=O)C(C)NC1CC1. The Morgan fingerprint density at radius 1 is 1.60 bits per heavy atom. The van der Waals surface area contributed by atoms with Gasteiger partial charge in [-0.2, -0.15) is 0 Å². The van der Waals surface area contributed by atoms with Gasteiger partial charge in [0, 0.05) is 13.1 Å². The minimum atomic E-state index is -0.0301. The van der Waals surface area contributed by atoms with Crippen LogP contribution in [0.1, 0.15) is 19.8 Å². The Morgan fingerprint density at radius 2 is 2.20 bits per heavy atom. The topological polar surface area (TPSA) is 41.1 Å². The van der Waals surface area contributed by atoms with Gasteiger partial charge in [-0.15, -0.1) is 0 Å². The number of rotatable bonds is 3. The highest BCUT2D eigenvalue weighted by Gasteiger charge is 2.24. The molecule has 1 aliphatic rings. The molecule has 1 unspecified atom stereocenters. The Labute approximate surface area is 61.2 Å². The van der Waals surface area contributed by atoms with Crippen LogP contribution in [-0.4, -0.2) is 25.0 Å². The van der Waals surface area contributed by atoms with Crippen molar-refractivity contribution in [3.8, 4) is 0 Å². The number of hydrogen-bond acceptors (Lipinski definition) is 2. The third-order valence-electron chi connectivity index (χ3n) is 1.70. The molecule has 1 aliphatic carbocycles. The van der Waals surface area contributed by atoms with E-state index >= 15 is 0 Å². The van der Waals surface area contributed by atoms with E-state index in [4.69, 9.17) is 0 Å². The molecular formula is C7H14N2O. The van der Waals surface area contributed by atoms with Gasteiger partial charge in [-0.3, -0.25) is 4.79 Å². The zero-order valence-electron chi connectivity index (χ0n) is 6.48. The van der Waals surface area contributed by atoms with Crippen molar-refractivity contribution in [3.63, 3.8) is 0 Å². The predicted molar refractivity (Wildman–Crippen MR) is 39.7 cm³/mol. The highest BCUT2D eigenvalue weighted by atomic mass is 16.2. The molecule has 0 aromatic carbocycles. The van der Waals surface area contributed by atoms with Crippen LogP contribution in [0.5, 0.6) is 0 Å². The van der Waals surface area contributed by atoms with Crippen LogP contribution >= 0.6 is 0 Å². The average molecular weight is 142 g/mol. The Balaban J connectivity index is 2.18. The highest BCUT2D eigenvalue weighted by Crippen LogP contribution is 2.19. The number of hydrogen-bond donors (Lipinski definition) is 2. The van der Waals surface area contributed by atoms with Crippen LogP contribution < -0.4 is 10.6 Å². The molecule has 0 saturated heterocycles. The predicted octanol–water partition coefficient (Wildman–Crippen LogP) is -0.127. The number of carbonyl (C=O) groups excluding carboxylic acids is 1. The molecule has 1 saturated carbocycles. The Bertz CT molecular complexity index is 132. The van der Waals surface area contributed by atoms with Gasteiger partial charge in [-0.1, -0.05) is 0 Å². The number of likely N-dealkylation sites (N-methyl/N-ethyl adjacent to an activating group) is 1. The van der Waals surface area contributed by atoms with Crippen molar-refractivity contribution >= 4 is 5.91 Å². The second-order valence-electron chi connectivity index (χ2n) is 2.78. The lowest BCUT2D eigenvalue weighted by Crippen LogP contribution is -2.41. The summed E-state index contributed by atoms with van der Waals surface area (Å²) in [5.74, 6) is 0.0758. The van der Waals surface area contributed by atoms with Gasteiger partial charge in [0.1, 0.15) is 0 Å². The summed E-state index contributed by atoms with van der Waals surface area (Å²) in [7, 11) is 1.66. The molecule has 1 fully saturated rings. The molecule has 1 amide bonds. The molecule has 0 heterocycles. The number of amides is 1. The monoisotopic (exact) mass is 142 g/mol. The van der Waals surface area contributed by atoms with Crippen molar-refractivity contribution in [1.82, 2.24) is 10.6 Å². The van der Waals surface area contributed by atoms with Crippen LogP contribution in [0.3, 0.4) is 0 Å². The fraction of sp³-hybridized carbons (Fsp3) is 0.857. The Kier molecular flexibility index (Phi) is 2.27. The molecule has 0 aromatic rings. The minimum Gasteiger partial charge on any atom is -0.358 e. The summed E-state index contributed by atoms with van der Waals surface area (Å²) in [6, 6.07) is 0.574. The second-order valence-corrected chi connectivity index (χ2v) is 2.78. The van der Waals surface area contributed by atoms with Gasteiger partial charge in [-0.05, 0) is 19.8 Å². The molecule has 0 spiro atoms. The first-order chi connectivity index (χ1) is 4.74. The van der Waals surface area contributed by atoms with Gasteiger partial charge in [0.2, 0.25) is 5.91 Å². The molecule has 58 valence electrons. The third-order valence-corrected chi connectivity index (χ3v) is 1.70. The normalized spacial score (nSPS) is 20.2. The second kappa shape index (κ2) is 3.01. The maximum Gasteiger partial charge on any atom is 0.236 e. The molecule has 1 atom stereocenters. The van der Waals surface area contributed by atoms with Crippen molar-refractivity contribution in [3.05, 3.63) is 0 Å². The van der Waals surface area contributed by atoms with Crippen LogP contribution in [0.25, 0.3) is 0 Å². The van der Waals surface area contributed by atoms with E-state index in [1.165, 1.54) is 12.8 Å². The van der Waals surface area contributed by atoms with Gasteiger partial charge >= 0.3 is 0 Å². The van der Waals surface area contributed by atoms with Crippen molar-refractivity contribution in [2.24, 2.45) is 0 Å². The van der Waals surface area contributed by atoms with Gasteiger partial charge in [0.25, 0.3) is 0 Å². The Morgan fingerprint density at radius 3 is 2.60 bits per heavy atom. The van der Waals surface area contributed by atoms with E-state index in [9.17, 15) is 4.79 Å². The van der Waals surface area contributed by atoms with Crippen LogP contribution in [0.15, 0.2) is 0 Å². The van der Waals surface area contributed by atoms with Crippen molar-refractivity contribution < 1.29 is 4.79 Å². The largest absolute Gasteiger partial charge is 0.358 e. The zero-order chi connectivity index (χ0) is 7.56. The molecule has 10 heavy (non-hydrogen) atoms. The highest BCUT2D eigenvalue weighted by molar-refractivity contribution is 5.80. The number of nitrogens with one attached hydrogen (secondary N) is 2. The summed E-state index contributed by atoms with van der Waals surface area (Å²) >= 11 is 0. The maximum absolute atomic E-state index is 10.9. The third kappa shape index (κ3) is 1.99. The molecule has 2 N–H and O–H groups in total. The van der Waals surface area contributed by atoms with E-state index < -0.39 is 0 Å². The minimum absolute atomic E-state index is 0.0301. The summed E-state index contributed by atoms with van der Waals surface area (Å²) in [5.41, 5.74) is 0. The van der Waals surface area contributed by atoms with Crippen LogP contribution in [-0.2, 0) is 4.79 Å². The average Bonchev–Trinajstić information content (AvgIpc) is 2.70. The summed E-state index contributed by atoms with van der Waals surface area (Å²) in [6.45, 7) is 1.89. The van der Waals surface area contributed by atoms with E-state index in [2.05, 4.69) is 10.6 Å². The molecule has 0 radical (unpaired) electrons. The molecular weight excluding hydrogens is 128 g/mol. The molecule has 3 nitrogen and oxygen atoms in total. The van der Waals surface area contributed by atoms with Gasteiger partial charge in [0.05, 0.1) is 6.04 Å². The lowest BCUT2D eigenvalue weighted by molar-refractivity contribution is -0.122. The van der Waals surface area contributed by atoms with E-state index in [0.29, 0.717) is 6.04 Å². The lowest BCUT2D eigenvalue weighted by atomic mass is 10.3. The maximum atomic E-state index is 10.9. The zero-order valence-corrected chi connectivity index (χ0v) is 6.48. The summed E-state index contributed by atoms with van der Waals surface area (Å²) < 4.78 is 0. The lowest BCUT2D eigenvalue weighted by Gasteiger charge is -2.10. The first-order valence-corrected chi connectivity index (χ1v) is 3.71. The van der Waals surface area contributed by atoms with Crippen molar-refractivity contribution in [1.29, 1.82) is 0 Å². The molecule has 1 rings (SSSR count). The van der Waals surface area contributed by atoms with Gasteiger partial charge in [0.15, 0.2) is 0 Å². The summed E-state index contributed by atoms with van der Waals surface area (Å²) in [5, 5.41) is 5.79. The van der Waals surface area contributed by atoms with Crippen LogP contribution in [0.2, 0.25) is 0 Å². The van der Waals surface area contributed by atoms with Crippen molar-refractivity contribution in [2.45, 2.75) is 31.8 Å². The smallest absolute Gasteiger partial charge is 0.236 e. The van der Waals surface area contributed by atoms with E-state index in [-0.39, 0.29) is 11.9 Å². The fourth-order valence-corrected chi connectivity index (χ4v) is 0.896. The number of carbonyl (C=O) groups is 1. The van der Waals surface area contributed by atoms with E-state index in [1.807, 2.05) is 6.92 Å². The Hall–Kier alpha value is -0.570. The van der Waals surface area contributed by atoms with Crippen molar-refractivity contribution in [2.75, 3.05) is 7.05 Å². The molecule has 0 bridgehead atoms. The van der Waals surface area contributed by atoms with E-state index in [1.54, 1.807) is 7.05 Å². The first kappa shape index (κ1) is 7.54. The fourth-order valence-electron chi connectivity index (χ4n) is 0.896. The first-order valence-electron chi connectivity index (χ1n) is 3.71. The quantitative estimate of drug-likeness (QED) is 0.576. The van der Waals surface area contributed by atoms with Gasteiger partial charge < -0.3 is 10.6 Å². The molecule has 0 aliphatic heterocycles. The standard InChI is InChI=1S/C7H14N2O/c1-5(7(10)8-2)9-6-3-4-6/h5-6,9H,3-4H2,1-2H3,(H,8,10). The van der Waals surface area contributed by atoms with Crippen LogP contribution in [0.4, 0.5) is 0 Å². The molecule has 0 aromatic heterocycles. The van der Waals surface area contributed by atoms with Gasteiger partial charge in [-0.25, -0.2) is 0 Å². The van der Waals surface area contributed by atoms with E-state index in [0.717, 1.165) is 0 Å². The summed E-state index contributed by atoms with van der Waals surface area (Å²) in [6.07, 6.45) is 2.45.